The molecular weight excluding hydrogens is 314 g/mol. The van der Waals surface area contributed by atoms with Crippen LogP contribution in [0.4, 0.5) is 0 Å². The molecule has 18 heavy (non-hydrogen) atoms. The van der Waals surface area contributed by atoms with E-state index in [1.165, 1.54) is 6.92 Å². The highest BCUT2D eigenvalue weighted by atomic mass is 35.5. The number of halogens is 4. The van der Waals surface area contributed by atoms with Gasteiger partial charge in [0.05, 0.1) is 5.41 Å². The van der Waals surface area contributed by atoms with Gasteiger partial charge in [-0.3, -0.25) is 4.79 Å². The van der Waals surface area contributed by atoms with Gasteiger partial charge in [0.15, 0.2) is 0 Å². The molecule has 1 aliphatic carbocycles. The van der Waals surface area contributed by atoms with Crippen LogP contribution in [0.3, 0.4) is 0 Å². The number of Topliss-reactive ketones (excluding diaryl/α,β-unsaturated/α-hetero) is 1. The van der Waals surface area contributed by atoms with Gasteiger partial charge in [-0.05, 0) is 37.6 Å². The Bertz CT molecular complexity index is 520. The fraction of sp³-hybridized carbons (Fsp3) is 0.462. The number of hydrogen-bond acceptors (Lipinski definition) is 1. The highest BCUT2D eigenvalue weighted by Gasteiger charge is 2.84. The first-order chi connectivity index (χ1) is 8.09. The van der Waals surface area contributed by atoms with Gasteiger partial charge in [-0.2, -0.15) is 0 Å². The van der Waals surface area contributed by atoms with E-state index in [2.05, 4.69) is 0 Å². The maximum absolute atomic E-state index is 11.9. The van der Waals surface area contributed by atoms with Crippen LogP contribution in [0, 0.1) is 5.41 Å². The molecular formula is C13H12Cl4O. The molecule has 0 bridgehead atoms. The van der Waals surface area contributed by atoms with Crippen molar-refractivity contribution in [1.29, 1.82) is 0 Å². The Kier molecular flexibility index (Phi) is 3.23. The van der Waals surface area contributed by atoms with Crippen LogP contribution < -0.4 is 0 Å². The first-order valence-electron chi connectivity index (χ1n) is 5.44. The molecule has 0 amide bonds. The smallest absolute Gasteiger partial charge is 0.141 e. The number of rotatable bonds is 2. The van der Waals surface area contributed by atoms with E-state index in [9.17, 15) is 4.79 Å². The maximum atomic E-state index is 11.9. The van der Waals surface area contributed by atoms with E-state index in [4.69, 9.17) is 46.4 Å². The van der Waals surface area contributed by atoms with Crippen LogP contribution in [-0.4, -0.2) is 10.1 Å². The Labute approximate surface area is 126 Å². The second kappa shape index (κ2) is 4.02. The number of carbonyl (C=O) groups excluding carboxylic acids is 1. The minimum atomic E-state index is -1.15. The van der Waals surface area contributed by atoms with Crippen molar-refractivity contribution in [3.63, 3.8) is 0 Å². The zero-order valence-corrected chi connectivity index (χ0v) is 13.2. The van der Waals surface area contributed by atoms with Gasteiger partial charge in [0.1, 0.15) is 10.1 Å². The summed E-state index contributed by atoms with van der Waals surface area (Å²) >= 11 is 24.7. The Morgan fingerprint density at radius 2 is 1.50 bits per heavy atom. The van der Waals surface area contributed by atoms with Crippen molar-refractivity contribution in [3.8, 4) is 0 Å². The first-order valence-corrected chi connectivity index (χ1v) is 6.95. The van der Waals surface area contributed by atoms with Gasteiger partial charge in [-0.15, -0.1) is 0 Å². The van der Waals surface area contributed by atoms with Crippen LogP contribution in [0.2, 0.25) is 10.0 Å². The molecule has 1 nitrogen and oxygen atoms in total. The van der Waals surface area contributed by atoms with Crippen molar-refractivity contribution in [3.05, 3.63) is 33.8 Å². The molecule has 98 valence electrons. The van der Waals surface area contributed by atoms with E-state index in [-0.39, 0.29) is 5.78 Å². The molecule has 2 rings (SSSR count). The van der Waals surface area contributed by atoms with Crippen LogP contribution >= 0.6 is 46.4 Å². The van der Waals surface area contributed by atoms with E-state index in [1.54, 1.807) is 25.1 Å². The molecule has 5 heteroatoms. The summed E-state index contributed by atoms with van der Waals surface area (Å²) < 4.78 is -1.15. The van der Waals surface area contributed by atoms with Crippen LogP contribution in [0.15, 0.2) is 18.2 Å². The van der Waals surface area contributed by atoms with Crippen molar-refractivity contribution in [2.45, 2.75) is 30.5 Å². The summed E-state index contributed by atoms with van der Waals surface area (Å²) in [4.78, 5) is 11.9. The SMILES string of the molecule is CC(=O)[C@]1(C)C(Cl)(Cl)[C@@]1(C)c1cc(Cl)cc(Cl)c1. The Morgan fingerprint density at radius 1 is 1.06 bits per heavy atom. The maximum Gasteiger partial charge on any atom is 0.141 e. The monoisotopic (exact) mass is 324 g/mol. The molecule has 1 aromatic carbocycles. The molecule has 0 aliphatic heterocycles. The summed E-state index contributed by atoms with van der Waals surface area (Å²) in [7, 11) is 0. The van der Waals surface area contributed by atoms with Gasteiger partial charge in [-0.1, -0.05) is 53.3 Å². The summed E-state index contributed by atoms with van der Waals surface area (Å²) in [6.07, 6.45) is 0. The standard InChI is InChI=1S/C13H12Cl4O/c1-7(18)11(2)12(3,13(11,16)17)8-4-9(14)6-10(15)5-8/h4-6H,1-3H3/t11-,12-/m0/s1. The van der Waals surface area contributed by atoms with Crippen molar-refractivity contribution >= 4 is 52.2 Å². The third-order valence-corrected chi connectivity index (χ3v) is 6.29. The molecule has 1 aliphatic rings. The fourth-order valence-electron chi connectivity index (χ4n) is 2.69. The third-order valence-electron chi connectivity index (χ3n) is 4.34. The van der Waals surface area contributed by atoms with Crippen molar-refractivity contribution in [2.75, 3.05) is 0 Å². The molecule has 0 spiro atoms. The number of carbonyl (C=O) groups is 1. The minimum absolute atomic E-state index is 0.0499. The largest absolute Gasteiger partial charge is 0.299 e. The summed E-state index contributed by atoms with van der Waals surface area (Å²) in [6, 6.07) is 5.13. The molecule has 0 unspecified atom stereocenters. The van der Waals surface area contributed by atoms with E-state index in [0.717, 1.165) is 5.56 Å². The average molecular weight is 326 g/mol. The molecule has 1 saturated carbocycles. The van der Waals surface area contributed by atoms with E-state index < -0.39 is 15.2 Å². The molecule has 0 aromatic heterocycles. The number of hydrogen-bond donors (Lipinski definition) is 0. The van der Waals surface area contributed by atoms with E-state index >= 15 is 0 Å². The predicted molar refractivity (Wildman–Crippen MR) is 77.0 cm³/mol. The first kappa shape index (κ1) is 14.5. The van der Waals surface area contributed by atoms with Crippen molar-refractivity contribution in [1.82, 2.24) is 0 Å². The summed E-state index contributed by atoms with van der Waals surface area (Å²) in [6.45, 7) is 5.12. The van der Waals surface area contributed by atoms with Gasteiger partial charge in [0, 0.05) is 15.5 Å². The molecule has 0 N–H and O–H groups in total. The molecule has 0 radical (unpaired) electrons. The molecule has 0 heterocycles. The van der Waals surface area contributed by atoms with Crippen LogP contribution in [-0.2, 0) is 10.2 Å². The minimum Gasteiger partial charge on any atom is -0.299 e. The van der Waals surface area contributed by atoms with Crippen LogP contribution in [0.1, 0.15) is 26.3 Å². The Balaban J connectivity index is 2.61. The quantitative estimate of drug-likeness (QED) is 0.697. The lowest BCUT2D eigenvalue weighted by molar-refractivity contribution is -0.122. The van der Waals surface area contributed by atoms with E-state index in [1.807, 2.05) is 6.92 Å². The Hall–Kier alpha value is 0.0500. The normalized spacial score (nSPS) is 33.3. The van der Waals surface area contributed by atoms with E-state index in [0.29, 0.717) is 10.0 Å². The van der Waals surface area contributed by atoms with Gasteiger partial charge in [0.25, 0.3) is 0 Å². The van der Waals surface area contributed by atoms with Gasteiger partial charge in [0.2, 0.25) is 0 Å². The number of alkyl halides is 2. The Morgan fingerprint density at radius 3 is 1.83 bits per heavy atom. The zero-order chi connectivity index (χ0) is 13.9. The highest BCUT2D eigenvalue weighted by Crippen LogP contribution is 2.78. The fourth-order valence-corrected chi connectivity index (χ4v) is 4.36. The third kappa shape index (κ3) is 1.51. The predicted octanol–water partition coefficient (Wildman–Crippen LogP) is 5.03. The summed E-state index contributed by atoms with van der Waals surface area (Å²) in [5, 5.41) is 1.00. The van der Waals surface area contributed by atoms with Crippen molar-refractivity contribution < 1.29 is 4.79 Å². The highest BCUT2D eigenvalue weighted by molar-refractivity contribution is 6.55. The number of ketones is 1. The zero-order valence-electron chi connectivity index (χ0n) is 10.2. The van der Waals surface area contributed by atoms with Gasteiger partial charge < -0.3 is 0 Å². The lowest BCUT2D eigenvalue weighted by Crippen LogP contribution is -2.19. The van der Waals surface area contributed by atoms with Crippen LogP contribution in [0.5, 0.6) is 0 Å². The number of benzene rings is 1. The second-order valence-electron chi connectivity index (χ2n) is 5.04. The summed E-state index contributed by atoms with van der Waals surface area (Å²) in [5.41, 5.74) is -0.747. The molecule has 1 aromatic rings. The van der Waals surface area contributed by atoms with Crippen molar-refractivity contribution in [2.24, 2.45) is 5.41 Å². The average Bonchev–Trinajstić information content (AvgIpc) is 2.59. The van der Waals surface area contributed by atoms with Crippen LogP contribution in [0.25, 0.3) is 0 Å². The topological polar surface area (TPSA) is 17.1 Å². The molecule has 2 atom stereocenters. The second-order valence-corrected chi connectivity index (χ2v) is 7.24. The lowest BCUT2D eigenvalue weighted by Gasteiger charge is -2.16. The van der Waals surface area contributed by atoms with Gasteiger partial charge >= 0.3 is 0 Å². The summed E-state index contributed by atoms with van der Waals surface area (Å²) in [5.74, 6) is -0.0499. The molecule has 0 saturated heterocycles. The van der Waals surface area contributed by atoms with Gasteiger partial charge in [-0.25, -0.2) is 0 Å². The lowest BCUT2D eigenvalue weighted by atomic mass is 9.86. The molecule has 1 fully saturated rings.